The maximum absolute atomic E-state index is 13.9. The predicted molar refractivity (Wildman–Crippen MR) is 107 cm³/mol. The van der Waals surface area contributed by atoms with Crippen LogP contribution in [0.15, 0.2) is 30.3 Å². The fourth-order valence-electron chi connectivity index (χ4n) is 2.70. The summed E-state index contributed by atoms with van der Waals surface area (Å²) >= 11 is 6.96. The van der Waals surface area contributed by atoms with Gasteiger partial charge in [0, 0.05) is 16.2 Å². The minimum atomic E-state index is -0.630. The molecule has 4 aromatic rings. The number of H-pyrrole nitrogens is 1. The fraction of sp³-hybridized carbons (Fsp3) is 0.111. The summed E-state index contributed by atoms with van der Waals surface area (Å²) in [6, 6.07) is 7.71. The molecule has 148 valence electrons. The highest BCUT2D eigenvalue weighted by molar-refractivity contribution is 7.21. The van der Waals surface area contributed by atoms with Crippen molar-refractivity contribution in [3.8, 4) is 17.2 Å². The normalized spacial score (nSPS) is 10.9. The van der Waals surface area contributed by atoms with E-state index in [1.54, 1.807) is 13.2 Å². The van der Waals surface area contributed by atoms with Crippen molar-refractivity contribution in [1.29, 1.82) is 0 Å². The van der Waals surface area contributed by atoms with E-state index in [2.05, 4.69) is 25.9 Å². The Bertz CT molecular complexity index is 1210. The zero-order valence-electron chi connectivity index (χ0n) is 15.1. The van der Waals surface area contributed by atoms with Gasteiger partial charge in [0.15, 0.2) is 5.75 Å². The van der Waals surface area contributed by atoms with Gasteiger partial charge in [-0.1, -0.05) is 16.7 Å². The van der Waals surface area contributed by atoms with E-state index in [0.717, 1.165) is 16.3 Å². The van der Waals surface area contributed by atoms with Crippen LogP contribution in [0.3, 0.4) is 0 Å². The van der Waals surface area contributed by atoms with Crippen LogP contribution in [-0.4, -0.2) is 33.6 Å². The van der Waals surface area contributed by atoms with Gasteiger partial charge in [0.1, 0.15) is 22.2 Å². The number of nitrogens with zero attached hydrogens (tertiary/aromatic N) is 3. The summed E-state index contributed by atoms with van der Waals surface area (Å²) in [5, 5.41) is 16.2. The van der Waals surface area contributed by atoms with Crippen LogP contribution in [0.1, 0.15) is 15.2 Å². The molecule has 0 radical (unpaired) electrons. The number of methoxy groups -OCH3 is 1. The second-order valence-corrected chi connectivity index (χ2v) is 7.41. The Morgan fingerprint density at radius 2 is 2.14 bits per heavy atom. The highest BCUT2D eigenvalue weighted by Crippen LogP contribution is 2.43. The molecule has 2 heterocycles. The van der Waals surface area contributed by atoms with Crippen LogP contribution in [0.25, 0.3) is 10.1 Å². The Hall–Kier alpha value is -3.24. The zero-order chi connectivity index (χ0) is 20.5. The van der Waals surface area contributed by atoms with Crippen molar-refractivity contribution in [2.24, 2.45) is 0 Å². The fourth-order valence-corrected chi connectivity index (χ4v) is 3.93. The maximum Gasteiger partial charge on any atom is 0.272 e. The Balaban J connectivity index is 1.83. The van der Waals surface area contributed by atoms with Crippen molar-refractivity contribution in [3.05, 3.63) is 51.6 Å². The molecule has 8 nitrogen and oxygen atoms in total. The second kappa shape index (κ2) is 7.64. The van der Waals surface area contributed by atoms with Gasteiger partial charge in [-0.05, 0) is 42.0 Å². The Morgan fingerprint density at radius 1 is 1.31 bits per heavy atom. The van der Waals surface area contributed by atoms with Crippen molar-refractivity contribution < 1.29 is 18.7 Å². The molecule has 2 aromatic heterocycles. The number of carbonyl (C=O) groups excluding carboxylic acids is 1. The molecule has 0 atom stereocenters. The highest BCUT2D eigenvalue weighted by atomic mass is 35.5. The Kier molecular flexibility index (Phi) is 5.03. The lowest BCUT2D eigenvalue weighted by molar-refractivity contribution is 0.102. The average Bonchev–Trinajstić information content (AvgIpc) is 3.32. The maximum atomic E-state index is 13.9. The van der Waals surface area contributed by atoms with Crippen LogP contribution in [-0.2, 0) is 0 Å². The van der Waals surface area contributed by atoms with E-state index in [1.165, 1.54) is 23.5 Å². The van der Waals surface area contributed by atoms with Gasteiger partial charge in [-0.2, -0.15) is 5.21 Å². The first-order valence-corrected chi connectivity index (χ1v) is 9.44. The number of rotatable bonds is 5. The van der Waals surface area contributed by atoms with Crippen LogP contribution in [0.2, 0.25) is 5.02 Å². The van der Waals surface area contributed by atoms with Gasteiger partial charge in [-0.15, -0.1) is 16.4 Å². The number of ether oxygens (including phenoxy) is 2. The average molecular weight is 434 g/mol. The second-order valence-electron chi connectivity index (χ2n) is 5.95. The van der Waals surface area contributed by atoms with Crippen molar-refractivity contribution in [3.63, 3.8) is 0 Å². The van der Waals surface area contributed by atoms with E-state index in [9.17, 15) is 9.18 Å². The van der Waals surface area contributed by atoms with E-state index in [0.29, 0.717) is 11.1 Å². The lowest BCUT2D eigenvalue weighted by atomic mass is 10.1. The third kappa shape index (κ3) is 3.71. The zero-order valence-corrected chi connectivity index (χ0v) is 16.7. The van der Waals surface area contributed by atoms with Crippen LogP contribution in [0, 0.1) is 12.7 Å². The third-order valence-corrected chi connectivity index (χ3v) is 5.49. The summed E-state index contributed by atoms with van der Waals surface area (Å²) in [5.41, 5.74) is 0.899. The molecule has 2 N–H and O–H groups in total. The molecular formula is C18H13ClFN5O3S. The summed E-state index contributed by atoms with van der Waals surface area (Å²) < 4.78 is 26.0. The first-order chi connectivity index (χ1) is 14.0. The van der Waals surface area contributed by atoms with Crippen LogP contribution in [0.5, 0.6) is 17.2 Å². The minimum absolute atomic E-state index is 0.0182. The summed E-state index contributed by atoms with van der Waals surface area (Å²) in [5.74, 6) is -0.0216. The number of anilines is 1. The molecule has 0 saturated heterocycles. The lowest BCUT2D eigenvalue weighted by Crippen LogP contribution is -2.12. The number of hydrogen-bond donors (Lipinski definition) is 2. The van der Waals surface area contributed by atoms with Gasteiger partial charge in [0.2, 0.25) is 0 Å². The number of halogens is 2. The Morgan fingerprint density at radius 3 is 2.83 bits per heavy atom. The highest BCUT2D eigenvalue weighted by Gasteiger charge is 2.23. The molecule has 0 aliphatic carbocycles. The number of benzene rings is 2. The van der Waals surface area contributed by atoms with E-state index in [4.69, 9.17) is 21.1 Å². The van der Waals surface area contributed by atoms with Gasteiger partial charge in [-0.25, -0.2) is 4.39 Å². The van der Waals surface area contributed by atoms with Crippen molar-refractivity contribution in [1.82, 2.24) is 20.6 Å². The minimum Gasteiger partial charge on any atom is -0.496 e. The molecule has 0 unspecified atom stereocenters. The number of aromatic amines is 1. The number of thiophene rings is 1. The number of aromatic nitrogens is 4. The quantitative estimate of drug-likeness (QED) is 0.478. The van der Waals surface area contributed by atoms with Crippen LogP contribution < -0.4 is 14.8 Å². The summed E-state index contributed by atoms with van der Waals surface area (Å²) in [7, 11) is 1.56. The first kappa shape index (κ1) is 19.1. The molecule has 0 aliphatic rings. The summed E-state index contributed by atoms with van der Waals surface area (Å²) in [6.45, 7) is 1.89. The van der Waals surface area contributed by atoms with Crippen molar-refractivity contribution in [2.45, 2.75) is 6.92 Å². The van der Waals surface area contributed by atoms with Crippen LogP contribution in [0.4, 0.5) is 10.3 Å². The van der Waals surface area contributed by atoms with Gasteiger partial charge in [0.05, 0.1) is 12.1 Å². The van der Waals surface area contributed by atoms with Gasteiger partial charge < -0.3 is 9.47 Å². The number of tetrazole rings is 1. The summed E-state index contributed by atoms with van der Waals surface area (Å²) in [6.07, 6.45) is 0. The van der Waals surface area contributed by atoms with E-state index in [-0.39, 0.29) is 27.3 Å². The van der Waals surface area contributed by atoms with Gasteiger partial charge in [0.25, 0.3) is 11.9 Å². The molecule has 0 spiro atoms. The molecular weight excluding hydrogens is 421 g/mol. The largest absolute Gasteiger partial charge is 0.496 e. The number of aryl methyl sites for hydroxylation is 1. The molecule has 0 fully saturated rings. The van der Waals surface area contributed by atoms with Gasteiger partial charge in [-0.3, -0.25) is 10.1 Å². The molecule has 0 bridgehead atoms. The lowest BCUT2D eigenvalue weighted by Gasteiger charge is -2.09. The molecule has 0 aliphatic heterocycles. The molecule has 1 amide bonds. The number of fused-ring (bicyclic) bond motifs is 1. The van der Waals surface area contributed by atoms with Crippen LogP contribution >= 0.6 is 22.9 Å². The number of amides is 1. The number of hydrogen-bond acceptors (Lipinski definition) is 7. The molecule has 11 heteroatoms. The molecule has 2 aromatic carbocycles. The van der Waals surface area contributed by atoms with Gasteiger partial charge >= 0.3 is 0 Å². The monoisotopic (exact) mass is 433 g/mol. The third-order valence-electron chi connectivity index (χ3n) is 4.05. The SMILES string of the molecule is COc1cc2c(Oc3ccc(Cl)c(F)c3)c(C(=O)Nc3nn[nH]n3)sc2cc1C. The van der Waals surface area contributed by atoms with Crippen molar-refractivity contribution >= 4 is 44.9 Å². The topological polar surface area (TPSA) is 102 Å². The van der Waals surface area contributed by atoms with E-state index in [1.807, 2.05) is 13.0 Å². The van der Waals surface area contributed by atoms with E-state index < -0.39 is 11.7 Å². The number of carbonyl (C=O) groups is 1. The molecule has 29 heavy (non-hydrogen) atoms. The standard InChI is InChI=1S/C18H13ClFN5O3S/c1-8-5-14-10(7-13(8)27-2)15(28-9-3-4-11(19)12(20)6-9)16(29-14)17(26)21-18-22-24-25-23-18/h3-7H,1-2H3,(H2,21,22,23,24,25,26). The van der Waals surface area contributed by atoms with Crippen molar-refractivity contribution in [2.75, 3.05) is 12.4 Å². The number of nitrogens with one attached hydrogen (secondary N) is 2. The molecule has 0 saturated carbocycles. The molecule has 4 rings (SSSR count). The van der Waals surface area contributed by atoms with E-state index >= 15 is 0 Å². The first-order valence-electron chi connectivity index (χ1n) is 8.25. The summed E-state index contributed by atoms with van der Waals surface area (Å²) in [4.78, 5) is 13.1. The smallest absolute Gasteiger partial charge is 0.272 e. The predicted octanol–water partition coefficient (Wildman–Crippen LogP) is 4.57. The Labute approximate surface area is 172 Å².